The second-order valence-corrected chi connectivity index (χ2v) is 4.47. The second-order valence-electron chi connectivity index (χ2n) is 4.47. The first kappa shape index (κ1) is 13.3. The van der Waals surface area contributed by atoms with Gasteiger partial charge in [-0.2, -0.15) is 0 Å². The van der Waals surface area contributed by atoms with E-state index in [0.29, 0.717) is 13.1 Å². The molecule has 0 radical (unpaired) electrons. The minimum atomic E-state index is -0.183. The number of hydrogen-bond acceptors (Lipinski definition) is 3. The summed E-state index contributed by atoms with van der Waals surface area (Å²) < 4.78 is 0. The fourth-order valence-corrected chi connectivity index (χ4v) is 2.02. The van der Waals surface area contributed by atoms with E-state index in [0.717, 1.165) is 12.0 Å². The third-order valence-electron chi connectivity index (χ3n) is 3.08. The van der Waals surface area contributed by atoms with Crippen molar-refractivity contribution in [2.75, 3.05) is 19.6 Å². The van der Waals surface area contributed by atoms with Crippen molar-refractivity contribution >= 4 is 17.4 Å². The summed E-state index contributed by atoms with van der Waals surface area (Å²) in [5, 5.41) is 2.52. The van der Waals surface area contributed by atoms with E-state index in [1.54, 1.807) is 11.1 Å². The highest BCUT2D eigenvalue weighted by molar-refractivity contribution is 5.84. The Balaban J connectivity index is 1.92. The molecule has 2 heterocycles. The lowest BCUT2D eigenvalue weighted by molar-refractivity contribution is -0.132. The molecule has 0 aliphatic carbocycles. The summed E-state index contributed by atoms with van der Waals surface area (Å²) in [5.41, 5.74) is 2.33. The maximum absolute atomic E-state index is 11.8. The van der Waals surface area contributed by atoms with E-state index in [-0.39, 0.29) is 18.4 Å². The Labute approximate surface area is 112 Å². The Morgan fingerprint density at radius 3 is 2.89 bits per heavy atom. The van der Waals surface area contributed by atoms with Crippen molar-refractivity contribution in [3.05, 3.63) is 36.2 Å². The molecule has 100 valence electrons. The van der Waals surface area contributed by atoms with Crippen molar-refractivity contribution in [3.8, 4) is 0 Å². The summed E-state index contributed by atoms with van der Waals surface area (Å²) in [4.78, 5) is 28.4. The number of amides is 2. The van der Waals surface area contributed by atoms with Crippen molar-refractivity contribution in [2.24, 2.45) is 0 Å². The van der Waals surface area contributed by atoms with Crippen LogP contribution in [0.4, 0.5) is 0 Å². The van der Waals surface area contributed by atoms with Gasteiger partial charge in [0, 0.05) is 32.4 Å². The molecule has 1 aromatic rings. The Hall–Kier alpha value is -2.17. The number of pyridine rings is 1. The van der Waals surface area contributed by atoms with Crippen LogP contribution < -0.4 is 5.32 Å². The zero-order chi connectivity index (χ0) is 13.7. The van der Waals surface area contributed by atoms with Crippen LogP contribution in [0.2, 0.25) is 0 Å². The van der Waals surface area contributed by atoms with Gasteiger partial charge in [0.2, 0.25) is 11.8 Å². The van der Waals surface area contributed by atoms with Gasteiger partial charge < -0.3 is 10.2 Å². The number of nitrogens with zero attached hydrogens (tertiary/aromatic N) is 2. The number of carbonyl (C=O) groups is 2. The van der Waals surface area contributed by atoms with Gasteiger partial charge in [0.05, 0.1) is 6.54 Å². The van der Waals surface area contributed by atoms with Gasteiger partial charge in [0.15, 0.2) is 0 Å². The van der Waals surface area contributed by atoms with Crippen molar-refractivity contribution in [1.82, 2.24) is 15.2 Å². The molecule has 0 saturated carbocycles. The van der Waals surface area contributed by atoms with E-state index in [2.05, 4.69) is 10.3 Å². The molecule has 2 rings (SSSR count). The topological polar surface area (TPSA) is 62.3 Å². The van der Waals surface area contributed by atoms with Gasteiger partial charge in [0.25, 0.3) is 0 Å². The fraction of sp³-hybridized carbons (Fsp3) is 0.357. The molecular formula is C14H17N3O2. The number of hydrogen-bond donors (Lipinski definition) is 1. The molecule has 0 aromatic carbocycles. The Kier molecular flexibility index (Phi) is 4.28. The van der Waals surface area contributed by atoms with E-state index in [4.69, 9.17) is 0 Å². The van der Waals surface area contributed by atoms with E-state index < -0.39 is 0 Å². The van der Waals surface area contributed by atoms with Gasteiger partial charge in [-0.25, -0.2) is 0 Å². The lowest BCUT2D eigenvalue weighted by Crippen LogP contribution is -2.41. The zero-order valence-electron chi connectivity index (χ0n) is 10.9. The summed E-state index contributed by atoms with van der Waals surface area (Å²) in [6, 6.07) is 3.93. The van der Waals surface area contributed by atoms with E-state index in [1.807, 2.05) is 24.4 Å². The minimum absolute atomic E-state index is 0.0447. The molecule has 2 amide bonds. The van der Waals surface area contributed by atoms with Crippen LogP contribution in [-0.2, 0) is 9.59 Å². The highest BCUT2D eigenvalue weighted by Crippen LogP contribution is 2.21. The quantitative estimate of drug-likeness (QED) is 0.874. The van der Waals surface area contributed by atoms with Crippen LogP contribution in [0.1, 0.15) is 18.9 Å². The van der Waals surface area contributed by atoms with Gasteiger partial charge in [0.1, 0.15) is 0 Å². The lowest BCUT2D eigenvalue weighted by atomic mass is 10.0. The van der Waals surface area contributed by atoms with Crippen molar-refractivity contribution < 1.29 is 9.59 Å². The van der Waals surface area contributed by atoms with Crippen molar-refractivity contribution in [3.63, 3.8) is 0 Å². The van der Waals surface area contributed by atoms with Gasteiger partial charge in [-0.15, -0.1) is 0 Å². The highest BCUT2D eigenvalue weighted by Gasteiger charge is 2.17. The van der Waals surface area contributed by atoms with Crippen LogP contribution in [0.15, 0.2) is 30.6 Å². The predicted octanol–water partition coefficient (Wildman–Crippen LogP) is 0.833. The molecule has 5 nitrogen and oxygen atoms in total. The first-order valence-corrected chi connectivity index (χ1v) is 6.28. The van der Waals surface area contributed by atoms with E-state index in [1.165, 1.54) is 12.5 Å². The molecule has 1 aliphatic heterocycles. The first-order valence-electron chi connectivity index (χ1n) is 6.28. The molecule has 5 heteroatoms. The molecule has 0 fully saturated rings. The maximum atomic E-state index is 11.8. The van der Waals surface area contributed by atoms with Crippen LogP contribution in [0.5, 0.6) is 0 Å². The number of carbonyl (C=O) groups excluding carboxylic acids is 2. The smallest absolute Gasteiger partial charge is 0.242 e. The SMILES string of the molecule is CC(=O)NCC(=O)N1CC=C(c2cccnc2)CC1. The summed E-state index contributed by atoms with van der Waals surface area (Å²) in [6.45, 7) is 2.75. The highest BCUT2D eigenvalue weighted by atomic mass is 16.2. The average molecular weight is 259 g/mol. The summed E-state index contributed by atoms with van der Waals surface area (Å²) in [6.07, 6.45) is 6.44. The maximum Gasteiger partial charge on any atom is 0.242 e. The molecule has 1 aromatic heterocycles. The summed E-state index contributed by atoms with van der Waals surface area (Å²) in [7, 11) is 0. The molecule has 0 saturated heterocycles. The average Bonchev–Trinajstić information content (AvgIpc) is 2.46. The van der Waals surface area contributed by atoms with Gasteiger partial charge >= 0.3 is 0 Å². The molecular weight excluding hydrogens is 242 g/mol. The Bertz CT molecular complexity index is 497. The van der Waals surface area contributed by atoms with Crippen LogP contribution in [0.3, 0.4) is 0 Å². The zero-order valence-corrected chi connectivity index (χ0v) is 10.9. The van der Waals surface area contributed by atoms with E-state index >= 15 is 0 Å². The molecule has 0 bridgehead atoms. The third-order valence-corrected chi connectivity index (χ3v) is 3.08. The summed E-state index contributed by atoms with van der Waals surface area (Å²) >= 11 is 0. The molecule has 0 unspecified atom stereocenters. The van der Waals surface area contributed by atoms with Crippen LogP contribution >= 0.6 is 0 Å². The number of nitrogens with one attached hydrogen (secondary N) is 1. The monoisotopic (exact) mass is 259 g/mol. The largest absolute Gasteiger partial charge is 0.347 e. The van der Waals surface area contributed by atoms with Crippen LogP contribution in [0, 0.1) is 0 Å². The molecule has 1 N–H and O–H groups in total. The normalized spacial score (nSPS) is 14.8. The number of rotatable bonds is 3. The molecule has 0 spiro atoms. The Morgan fingerprint density at radius 2 is 2.32 bits per heavy atom. The lowest BCUT2D eigenvalue weighted by Gasteiger charge is -2.26. The van der Waals surface area contributed by atoms with Gasteiger partial charge in [-0.05, 0) is 23.6 Å². The standard InChI is InChI=1S/C14H17N3O2/c1-11(18)16-10-14(19)17-7-4-12(5-8-17)13-3-2-6-15-9-13/h2-4,6,9H,5,7-8,10H2,1H3,(H,16,18). The second kappa shape index (κ2) is 6.13. The molecule has 0 atom stereocenters. The van der Waals surface area contributed by atoms with Crippen molar-refractivity contribution in [2.45, 2.75) is 13.3 Å². The van der Waals surface area contributed by atoms with Crippen molar-refractivity contribution in [1.29, 1.82) is 0 Å². The predicted molar refractivity (Wildman–Crippen MR) is 72.1 cm³/mol. The van der Waals surface area contributed by atoms with Crippen LogP contribution in [-0.4, -0.2) is 41.3 Å². The van der Waals surface area contributed by atoms with Gasteiger partial charge in [-0.1, -0.05) is 12.1 Å². The van der Waals surface area contributed by atoms with Crippen LogP contribution in [0.25, 0.3) is 5.57 Å². The molecule has 19 heavy (non-hydrogen) atoms. The number of aromatic nitrogens is 1. The minimum Gasteiger partial charge on any atom is -0.347 e. The fourth-order valence-electron chi connectivity index (χ4n) is 2.02. The third kappa shape index (κ3) is 3.64. The first-order chi connectivity index (χ1) is 9.16. The molecule has 1 aliphatic rings. The Morgan fingerprint density at radius 1 is 1.47 bits per heavy atom. The van der Waals surface area contributed by atoms with Gasteiger partial charge in [-0.3, -0.25) is 14.6 Å². The summed E-state index contributed by atoms with van der Waals surface area (Å²) in [5.74, 6) is -0.228. The van der Waals surface area contributed by atoms with E-state index in [9.17, 15) is 9.59 Å².